The summed E-state index contributed by atoms with van der Waals surface area (Å²) in [6, 6.07) is 5.62. The van der Waals surface area contributed by atoms with Gasteiger partial charge >= 0.3 is 5.97 Å². The second-order valence-corrected chi connectivity index (χ2v) is 8.43. The number of hydrogen-bond acceptors (Lipinski definition) is 6. The molecule has 25 heavy (non-hydrogen) atoms. The van der Waals surface area contributed by atoms with E-state index >= 15 is 0 Å². The molecule has 9 heteroatoms. The Bertz CT molecular complexity index is 829. The van der Waals surface area contributed by atoms with E-state index in [1.54, 1.807) is 20.8 Å². The van der Waals surface area contributed by atoms with Crippen molar-refractivity contribution in [2.24, 2.45) is 5.92 Å². The standard InChI is InChI=1S/C16H19ClN2O5S/c1-10(2)16(3,9-18)19-14(20)8-24-15(21)12-7-11(25(4,22)23)5-6-13(12)17/h5-7,10H,8H2,1-4H3,(H,19,20)/t16-/m0/s1. The number of hydrogen-bond donors (Lipinski definition) is 1. The van der Waals surface area contributed by atoms with Crippen LogP contribution in [0.2, 0.25) is 5.02 Å². The highest BCUT2D eigenvalue weighted by molar-refractivity contribution is 7.90. The number of nitrogens with one attached hydrogen (secondary N) is 1. The SMILES string of the molecule is CC(C)[C@](C)(C#N)NC(=O)COC(=O)c1cc(S(C)(=O)=O)ccc1Cl. The molecule has 0 spiro atoms. The van der Waals surface area contributed by atoms with Crippen molar-refractivity contribution in [3.05, 3.63) is 28.8 Å². The zero-order chi connectivity index (χ0) is 19.4. The van der Waals surface area contributed by atoms with E-state index in [2.05, 4.69) is 5.32 Å². The molecule has 1 aromatic rings. The third-order valence-electron chi connectivity index (χ3n) is 3.71. The number of carbonyl (C=O) groups is 2. The van der Waals surface area contributed by atoms with Gasteiger partial charge in [0.1, 0.15) is 5.54 Å². The molecular weight excluding hydrogens is 368 g/mol. The molecule has 0 aliphatic heterocycles. The van der Waals surface area contributed by atoms with Gasteiger partial charge < -0.3 is 10.1 Å². The molecule has 0 aliphatic carbocycles. The van der Waals surface area contributed by atoms with E-state index in [9.17, 15) is 18.0 Å². The number of sulfone groups is 1. The summed E-state index contributed by atoms with van der Waals surface area (Å²) in [5, 5.41) is 11.7. The smallest absolute Gasteiger partial charge is 0.340 e. The summed E-state index contributed by atoms with van der Waals surface area (Å²) in [4.78, 5) is 23.9. The second kappa shape index (κ2) is 7.85. The molecule has 0 aliphatic rings. The zero-order valence-corrected chi connectivity index (χ0v) is 15.9. The van der Waals surface area contributed by atoms with Crippen molar-refractivity contribution in [3.63, 3.8) is 0 Å². The van der Waals surface area contributed by atoms with Crippen LogP contribution in [0.25, 0.3) is 0 Å². The van der Waals surface area contributed by atoms with Crippen molar-refractivity contribution in [1.82, 2.24) is 5.32 Å². The van der Waals surface area contributed by atoms with Crippen LogP contribution in [0.5, 0.6) is 0 Å². The molecule has 0 bridgehead atoms. The van der Waals surface area contributed by atoms with Crippen molar-refractivity contribution >= 4 is 33.3 Å². The van der Waals surface area contributed by atoms with Crippen molar-refractivity contribution in [2.75, 3.05) is 12.9 Å². The maximum atomic E-state index is 12.1. The molecule has 0 radical (unpaired) electrons. The van der Waals surface area contributed by atoms with Crippen LogP contribution in [0, 0.1) is 17.2 Å². The first-order valence-electron chi connectivity index (χ1n) is 7.29. The van der Waals surface area contributed by atoms with Crippen LogP contribution in [0.4, 0.5) is 0 Å². The predicted octanol–water partition coefficient (Wildman–Crippen LogP) is 1.95. The number of halogens is 1. The van der Waals surface area contributed by atoms with E-state index in [0.29, 0.717) is 0 Å². The van der Waals surface area contributed by atoms with Crippen LogP contribution in [0.15, 0.2) is 23.1 Å². The van der Waals surface area contributed by atoms with Gasteiger partial charge in [0, 0.05) is 6.26 Å². The Morgan fingerprint density at radius 1 is 1.40 bits per heavy atom. The number of rotatable bonds is 6. The maximum Gasteiger partial charge on any atom is 0.340 e. The lowest BCUT2D eigenvalue weighted by molar-refractivity contribution is -0.125. The van der Waals surface area contributed by atoms with E-state index in [-0.39, 0.29) is 21.4 Å². The number of ether oxygens (including phenoxy) is 1. The average Bonchev–Trinajstić information content (AvgIpc) is 2.51. The first-order chi connectivity index (χ1) is 11.4. The summed E-state index contributed by atoms with van der Waals surface area (Å²) in [7, 11) is -3.53. The van der Waals surface area contributed by atoms with E-state index < -0.39 is 33.9 Å². The number of nitriles is 1. The Morgan fingerprint density at radius 3 is 2.48 bits per heavy atom. The summed E-state index contributed by atoms with van der Waals surface area (Å²) in [6.45, 7) is 4.48. The number of benzene rings is 1. The minimum atomic E-state index is -3.53. The monoisotopic (exact) mass is 386 g/mol. The van der Waals surface area contributed by atoms with Gasteiger partial charge in [-0.3, -0.25) is 4.79 Å². The topological polar surface area (TPSA) is 113 Å². The zero-order valence-electron chi connectivity index (χ0n) is 14.3. The van der Waals surface area contributed by atoms with Crippen LogP contribution in [0.1, 0.15) is 31.1 Å². The lowest BCUT2D eigenvalue weighted by atomic mass is 9.90. The molecule has 0 saturated heterocycles. The summed E-state index contributed by atoms with van der Waals surface area (Å²) < 4.78 is 28.0. The highest BCUT2D eigenvalue weighted by Crippen LogP contribution is 2.21. The largest absolute Gasteiger partial charge is 0.452 e. The highest BCUT2D eigenvalue weighted by atomic mass is 35.5. The molecule has 1 amide bonds. The summed E-state index contributed by atoms with van der Waals surface area (Å²) in [6.07, 6.45) is 0.993. The van der Waals surface area contributed by atoms with E-state index in [4.69, 9.17) is 21.6 Å². The summed E-state index contributed by atoms with van der Waals surface area (Å²) in [5.74, 6) is -1.74. The number of carbonyl (C=O) groups excluding carboxylic acids is 2. The number of nitrogens with zero attached hydrogens (tertiary/aromatic N) is 1. The Hall–Kier alpha value is -2.11. The van der Waals surface area contributed by atoms with Gasteiger partial charge in [0.15, 0.2) is 16.4 Å². The molecular formula is C16H19ClN2O5S. The first-order valence-corrected chi connectivity index (χ1v) is 9.56. The van der Waals surface area contributed by atoms with Gasteiger partial charge in [0.25, 0.3) is 5.91 Å². The molecule has 136 valence electrons. The predicted molar refractivity (Wildman–Crippen MR) is 91.8 cm³/mol. The fourth-order valence-electron chi connectivity index (χ4n) is 1.73. The molecule has 7 nitrogen and oxygen atoms in total. The van der Waals surface area contributed by atoms with Crippen LogP contribution in [-0.4, -0.2) is 38.7 Å². The molecule has 1 N–H and O–H groups in total. The van der Waals surface area contributed by atoms with Crippen LogP contribution < -0.4 is 5.32 Å². The average molecular weight is 387 g/mol. The Kier molecular flexibility index (Phi) is 6.57. The van der Waals surface area contributed by atoms with Crippen LogP contribution >= 0.6 is 11.6 Å². The van der Waals surface area contributed by atoms with E-state index in [0.717, 1.165) is 12.3 Å². The normalized spacial score (nSPS) is 13.6. The first kappa shape index (κ1) is 20.9. The third kappa shape index (κ3) is 5.44. The quantitative estimate of drug-likeness (QED) is 0.747. The Balaban J connectivity index is 2.85. The minimum absolute atomic E-state index is 0.00171. The van der Waals surface area contributed by atoms with Crippen LogP contribution in [0.3, 0.4) is 0 Å². The lowest BCUT2D eigenvalue weighted by Crippen LogP contribution is -2.50. The summed E-state index contributed by atoms with van der Waals surface area (Å²) >= 11 is 5.89. The van der Waals surface area contributed by atoms with Crippen molar-refractivity contribution in [1.29, 1.82) is 5.26 Å². The third-order valence-corrected chi connectivity index (χ3v) is 5.15. The van der Waals surface area contributed by atoms with Gasteiger partial charge in [-0.2, -0.15) is 5.26 Å². The minimum Gasteiger partial charge on any atom is -0.452 e. The van der Waals surface area contributed by atoms with E-state index in [1.807, 2.05) is 6.07 Å². The second-order valence-electron chi connectivity index (χ2n) is 6.01. The Morgan fingerprint density at radius 2 is 2.00 bits per heavy atom. The van der Waals surface area contributed by atoms with Gasteiger partial charge in [0.05, 0.1) is 21.6 Å². The highest BCUT2D eigenvalue weighted by Gasteiger charge is 2.30. The lowest BCUT2D eigenvalue weighted by Gasteiger charge is -2.27. The van der Waals surface area contributed by atoms with Crippen molar-refractivity contribution in [2.45, 2.75) is 31.2 Å². The van der Waals surface area contributed by atoms with Gasteiger partial charge in [-0.05, 0) is 31.0 Å². The summed E-state index contributed by atoms with van der Waals surface area (Å²) in [5.41, 5.74) is -1.26. The number of esters is 1. The molecule has 0 unspecified atom stereocenters. The molecule has 1 atom stereocenters. The van der Waals surface area contributed by atoms with Gasteiger partial charge in [-0.1, -0.05) is 25.4 Å². The fourth-order valence-corrected chi connectivity index (χ4v) is 2.57. The molecule has 0 heterocycles. The van der Waals surface area contributed by atoms with Gasteiger partial charge in [-0.15, -0.1) is 0 Å². The molecule has 1 aromatic carbocycles. The van der Waals surface area contributed by atoms with Crippen LogP contribution in [-0.2, 0) is 19.4 Å². The molecule has 0 aromatic heterocycles. The van der Waals surface area contributed by atoms with Crippen molar-refractivity contribution in [3.8, 4) is 6.07 Å². The van der Waals surface area contributed by atoms with Gasteiger partial charge in [-0.25, -0.2) is 13.2 Å². The molecule has 0 saturated carbocycles. The molecule has 1 rings (SSSR count). The maximum absolute atomic E-state index is 12.1. The number of amides is 1. The Labute approximate surface area is 151 Å². The van der Waals surface area contributed by atoms with Gasteiger partial charge in [0.2, 0.25) is 0 Å². The van der Waals surface area contributed by atoms with Crippen molar-refractivity contribution < 1.29 is 22.7 Å². The molecule has 0 fully saturated rings. The van der Waals surface area contributed by atoms with E-state index in [1.165, 1.54) is 12.1 Å². The fraction of sp³-hybridized carbons (Fsp3) is 0.438.